The minimum absolute atomic E-state index is 0.503. The summed E-state index contributed by atoms with van der Waals surface area (Å²) in [5.74, 6) is 0. The first kappa shape index (κ1) is 11.8. The fraction of sp³-hybridized carbons (Fsp3) is 0.417. The first-order valence-electron chi connectivity index (χ1n) is 5.71. The lowest BCUT2D eigenvalue weighted by Crippen LogP contribution is -2.23. The van der Waals surface area contributed by atoms with E-state index in [0.717, 1.165) is 12.2 Å². The van der Waals surface area contributed by atoms with Crippen LogP contribution in [0.2, 0.25) is 0 Å². The van der Waals surface area contributed by atoms with Gasteiger partial charge in [-0.15, -0.1) is 22.7 Å². The van der Waals surface area contributed by atoms with Crippen LogP contribution in [-0.2, 0) is 13.0 Å². The zero-order valence-corrected chi connectivity index (χ0v) is 12.5. The van der Waals surface area contributed by atoms with E-state index in [-0.39, 0.29) is 0 Å². The maximum Gasteiger partial charge on any atom is 0.0795 e. The second-order valence-electron chi connectivity index (χ2n) is 4.23. The minimum Gasteiger partial charge on any atom is -0.304 e. The fourth-order valence-electron chi connectivity index (χ4n) is 2.29. The van der Waals surface area contributed by atoms with Gasteiger partial charge in [0.1, 0.15) is 0 Å². The van der Waals surface area contributed by atoms with Crippen LogP contribution in [0, 0.1) is 0 Å². The molecule has 1 unspecified atom stereocenters. The molecule has 1 aliphatic rings. The average molecular weight is 329 g/mol. The first-order chi connectivity index (χ1) is 8.33. The van der Waals surface area contributed by atoms with Crippen LogP contribution in [-0.4, -0.2) is 4.98 Å². The smallest absolute Gasteiger partial charge is 0.0795 e. The Morgan fingerprint density at radius 3 is 3.29 bits per heavy atom. The summed E-state index contributed by atoms with van der Waals surface area (Å²) in [6.45, 7) is 0.876. The van der Waals surface area contributed by atoms with E-state index in [0.29, 0.717) is 6.04 Å². The maximum absolute atomic E-state index is 4.31. The average Bonchev–Trinajstić information content (AvgIpc) is 2.93. The van der Waals surface area contributed by atoms with Crippen LogP contribution in [0.4, 0.5) is 0 Å². The van der Waals surface area contributed by atoms with Crippen molar-refractivity contribution in [2.24, 2.45) is 0 Å². The molecule has 1 atom stereocenters. The highest BCUT2D eigenvalue weighted by Gasteiger charge is 2.22. The van der Waals surface area contributed by atoms with Crippen LogP contribution in [0.25, 0.3) is 0 Å². The zero-order chi connectivity index (χ0) is 11.7. The minimum atomic E-state index is 0.503. The molecule has 0 aromatic carbocycles. The molecule has 1 aliphatic carbocycles. The van der Waals surface area contributed by atoms with Crippen molar-refractivity contribution in [3.63, 3.8) is 0 Å². The van der Waals surface area contributed by atoms with Gasteiger partial charge in [-0.1, -0.05) is 0 Å². The number of rotatable bonds is 3. The van der Waals surface area contributed by atoms with Gasteiger partial charge >= 0.3 is 0 Å². The molecular formula is C12H13BrN2S2. The number of halogens is 1. The summed E-state index contributed by atoms with van der Waals surface area (Å²) < 4.78 is 1.25. The molecule has 0 aliphatic heterocycles. The SMILES string of the molecule is Brc1cc2c(s1)CCCC2NCc1cscn1. The van der Waals surface area contributed by atoms with Gasteiger partial charge in [-0.25, -0.2) is 4.98 Å². The van der Waals surface area contributed by atoms with Crippen LogP contribution in [0.3, 0.4) is 0 Å². The quantitative estimate of drug-likeness (QED) is 0.916. The molecular weight excluding hydrogens is 316 g/mol. The number of aryl methyl sites for hydroxylation is 1. The number of fused-ring (bicyclic) bond motifs is 1. The van der Waals surface area contributed by atoms with Crippen molar-refractivity contribution in [2.75, 3.05) is 0 Å². The van der Waals surface area contributed by atoms with Gasteiger partial charge in [0.05, 0.1) is 15.0 Å². The summed E-state index contributed by atoms with van der Waals surface area (Å²) in [5, 5.41) is 5.73. The van der Waals surface area contributed by atoms with Crippen LogP contribution in [0.15, 0.2) is 20.7 Å². The van der Waals surface area contributed by atoms with Gasteiger partial charge in [0, 0.05) is 22.8 Å². The molecule has 0 radical (unpaired) electrons. The Morgan fingerprint density at radius 2 is 2.47 bits per heavy atom. The van der Waals surface area contributed by atoms with Gasteiger partial charge in [-0.2, -0.15) is 0 Å². The van der Waals surface area contributed by atoms with Crippen molar-refractivity contribution < 1.29 is 0 Å². The largest absolute Gasteiger partial charge is 0.304 e. The Labute approximate surface area is 117 Å². The topological polar surface area (TPSA) is 24.9 Å². The van der Waals surface area contributed by atoms with E-state index in [1.54, 1.807) is 16.2 Å². The molecule has 0 fully saturated rings. The second kappa shape index (κ2) is 5.18. The van der Waals surface area contributed by atoms with Crippen LogP contribution < -0.4 is 5.32 Å². The summed E-state index contributed by atoms with van der Waals surface area (Å²) in [4.78, 5) is 5.85. The normalized spacial score (nSPS) is 19.2. The van der Waals surface area contributed by atoms with E-state index in [4.69, 9.17) is 0 Å². The Balaban J connectivity index is 1.72. The highest BCUT2D eigenvalue weighted by Crippen LogP contribution is 2.37. The summed E-state index contributed by atoms with van der Waals surface area (Å²) in [6, 6.07) is 2.78. The monoisotopic (exact) mass is 328 g/mol. The maximum atomic E-state index is 4.31. The molecule has 3 rings (SSSR count). The van der Waals surface area contributed by atoms with Gasteiger partial charge in [0.2, 0.25) is 0 Å². The Morgan fingerprint density at radius 1 is 1.53 bits per heavy atom. The van der Waals surface area contributed by atoms with Gasteiger partial charge in [-0.3, -0.25) is 0 Å². The van der Waals surface area contributed by atoms with Gasteiger partial charge in [0.15, 0.2) is 0 Å². The van der Waals surface area contributed by atoms with Crippen molar-refractivity contribution in [3.8, 4) is 0 Å². The van der Waals surface area contributed by atoms with E-state index < -0.39 is 0 Å². The fourth-order valence-corrected chi connectivity index (χ4v) is 4.66. The van der Waals surface area contributed by atoms with Crippen LogP contribution in [0.5, 0.6) is 0 Å². The van der Waals surface area contributed by atoms with E-state index in [1.807, 2.05) is 16.8 Å². The molecule has 5 heteroatoms. The third-order valence-electron chi connectivity index (χ3n) is 3.10. The van der Waals surface area contributed by atoms with Crippen molar-refractivity contribution in [1.29, 1.82) is 0 Å². The molecule has 0 saturated carbocycles. The highest BCUT2D eigenvalue weighted by molar-refractivity contribution is 9.11. The van der Waals surface area contributed by atoms with E-state index in [9.17, 15) is 0 Å². The van der Waals surface area contributed by atoms with Gasteiger partial charge in [-0.05, 0) is 46.8 Å². The molecule has 2 heterocycles. The molecule has 0 bridgehead atoms. The second-order valence-corrected chi connectivity index (χ2v) is 7.47. The number of thiophene rings is 1. The Bertz CT molecular complexity index is 493. The predicted octanol–water partition coefficient (Wildman–Crippen LogP) is 4.13. The van der Waals surface area contributed by atoms with E-state index in [2.05, 4.69) is 37.7 Å². The molecule has 2 aromatic heterocycles. The number of hydrogen-bond donors (Lipinski definition) is 1. The molecule has 17 heavy (non-hydrogen) atoms. The summed E-state index contributed by atoms with van der Waals surface area (Å²) >= 11 is 7.13. The molecule has 0 saturated heterocycles. The summed E-state index contributed by atoms with van der Waals surface area (Å²) in [5.41, 5.74) is 4.53. The number of hydrogen-bond acceptors (Lipinski definition) is 4. The first-order valence-corrected chi connectivity index (χ1v) is 8.27. The molecule has 0 spiro atoms. The van der Waals surface area contributed by atoms with Crippen molar-refractivity contribution in [2.45, 2.75) is 31.8 Å². The molecule has 90 valence electrons. The van der Waals surface area contributed by atoms with Gasteiger partial charge in [0.25, 0.3) is 0 Å². The number of thiazole rings is 1. The zero-order valence-electron chi connectivity index (χ0n) is 9.28. The summed E-state index contributed by atoms with van der Waals surface area (Å²) in [6.07, 6.45) is 3.76. The standard InChI is InChI=1S/C12H13BrN2S2/c13-12-4-9-10(2-1-3-11(9)17-12)14-5-8-6-16-7-15-8/h4,6-7,10,14H,1-3,5H2. The molecule has 2 aromatic rings. The summed E-state index contributed by atoms with van der Waals surface area (Å²) in [7, 11) is 0. The lowest BCUT2D eigenvalue weighted by atomic mass is 9.94. The van der Waals surface area contributed by atoms with E-state index >= 15 is 0 Å². The van der Waals surface area contributed by atoms with Crippen LogP contribution in [0.1, 0.15) is 35.0 Å². The number of nitrogens with zero attached hydrogens (tertiary/aromatic N) is 1. The Kier molecular flexibility index (Phi) is 3.61. The van der Waals surface area contributed by atoms with Crippen molar-refractivity contribution >= 4 is 38.6 Å². The third-order valence-corrected chi connectivity index (χ3v) is 5.45. The third kappa shape index (κ3) is 2.62. The van der Waals surface area contributed by atoms with Crippen LogP contribution >= 0.6 is 38.6 Å². The number of aromatic nitrogens is 1. The lowest BCUT2D eigenvalue weighted by Gasteiger charge is -2.23. The molecule has 2 nitrogen and oxygen atoms in total. The number of nitrogens with one attached hydrogen (secondary N) is 1. The van der Waals surface area contributed by atoms with Crippen molar-refractivity contribution in [3.05, 3.63) is 36.9 Å². The lowest BCUT2D eigenvalue weighted by molar-refractivity contribution is 0.460. The van der Waals surface area contributed by atoms with Gasteiger partial charge < -0.3 is 5.32 Å². The van der Waals surface area contributed by atoms with Crippen molar-refractivity contribution in [1.82, 2.24) is 10.3 Å². The Hall–Kier alpha value is -0.230. The highest BCUT2D eigenvalue weighted by atomic mass is 79.9. The molecule has 0 amide bonds. The molecule has 1 N–H and O–H groups in total. The van der Waals surface area contributed by atoms with E-state index in [1.165, 1.54) is 28.6 Å². The predicted molar refractivity (Wildman–Crippen MR) is 76.7 cm³/mol.